The van der Waals surface area contributed by atoms with E-state index in [1.165, 1.54) is 24.0 Å². The number of aryl methyl sites for hydroxylation is 2. The molecule has 0 radical (unpaired) electrons. The number of nitrogens with zero attached hydrogens (tertiary/aromatic N) is 3. The Balaban J connectivity index is 1.47. The number of nitrogens with one attached hydrogen (secondary N) is 1. The van der Waals surface area contributed by atoms with Crippen molar-refractivity contribution in [3.63, 3.8) is 0 Å². The van der Waals surface area contributed by atoms with Gasteiger partial charge in [-0.15, -0.1) is 0 Å². The molecule has 0 unspecified atom stereocenters. The summed E-state index contributed by atoms with van der Waals surface area (Å²) in [5, 5.41) is 6.97. The van der Waals surface area contributed by atoms with Crippen LogP contribution in [0.1, 0.15) is 62.4 Å². The van der Waals surface area contributed by atoms with E-state index in [2.05, 4.69) is 52.4 Å². The number of benzene rings is 1. The summed E-state index contributed by atoms with van der Waals surface area (Å²) in [4.78, 5) is 19.1. The van der Waals surface area contributed by atoms with Crippen molar-refractivity contribution in [3.05, 3.63) is 47.1 Å². The Kier molecular flexibility index (Phi) is 7.60. The summed E-state index contributed by atoms with van der Waals surface area (Å²) < 4.78 is 5.20. The van der Waals surface area contributed by atoms with Crippen molar-refractivity contribution in [2.24, 2.45) is 5.92 Å². The van der Waals surface area contributed by atoms with Gasteiger partial charge in [0.15, 0.2) is 5.82 Å². The van der Waals surface area contributed by atoms with Gasteiger partial charge in [0.05, 0.1) is 0 Å². The molecule has 152 valence electrons. The molecule has 0 saturated carbocycles. The number of likely N-dealkylation sites (tertiary alicyclic amines) is 1. The molecule has 0 bridgehead atoms. The lowest BCUT2D eigenvalue weighted by Gasteiger charge is -2.31. The summed E-state index contributed by atoms with van der Waals surface area (Å²) in [6, 6.07) is 8.40. The maximum absolute atomic E-state index is 12.3. The van der Waals surface area contributed by atoms with E-state index in [0.717, 1.165) is 44.2 Å². The first kappa shape index (κ1) is 20.5. The second-order valence-corrected chi connectivity index (χ2v) is 7.88. The molecule has 1 saturated heterocycles. The largest absolute Gasteiger partial charge is 0.352 e. The second-order valence-electron chi connectivity index (χ2n) is 7.88. The molecule has 3 rings (SSSR count). The molecule has 0 spiro atoms. The molecule has 1 amide bonds. The molecule has 1 aliphatic rings. The van der Waals surface area contributed by atoms with Gasteiger partial charge in [-0.1, -0.05) is 43.3 Å². The number of hydrogen-bond donors (Lipinski definition) is 1. The molecule has 1 aromatic heterocycles. The Morgan fingerprint density at radius 1 is 1.29 bits per heavy atom. The molecule has 2 heterocycles. The lowest BCUT2D eigenvalue weighted by atomic mass is 9.99. The van der Waals surface area contributed by atoms with E-state index in [9.17, 15) is 4.79 Å². The summed E-state index contributed by atoms with van der Waals surface area (Å²) in [7, 11) is 0. The maximum atomic E-state index is 12.3. The van der Waals surface area contributed by atoms with E-state index in [0.29, 0.717) is 25.3 Å². The van der Waals surface area contributed by atoms with Gasteiger partial charge in [0.1, 0.15) is 0 Å². The smallest absolute Gasteiger partial charge is 0.227 e. The number of aromatic nitrogens is 2. The van der Waals surface area contributed by atoms with Crippen molar-refractivity contribution >= 4 is 5.91 Å². The zero-order valence-corrected chi connectivity index (χ0v) is 17.1. The van der Waals surface area contributed by atoms with E-state index < -0.39 is 0 Å². The summed E-state index contributed by atoms with van der Waals surface area (Å²) >= 11 is 0. The zero-order chi connectivity index (χ0) is 19.8. The Labute approximate surface area is 167 Å². The fourth-order valence-electron chi connectivity index (χ4n) is 3.77. The van der Waals surface area contributed by atoms with Gasteiger partial charge in [0.2, 0.25) is 11.8 Å². The molecule has 6 heteroatoms. The lowest BCUT2D eigenvalue weighted by Crippen LogP contribution is -2.34. The average molecular weight is 385 g/mol. The molecule has 28 heavy (non-hydrogen) atoms. The van der Waals surface area contributed by atoms with Crippen LogP contribution in [-0.2, 0) is 30.7 Å². The van der Waals surface area contributed by atoms with Gasteiger partial charge in [-0.2, -0.15) is 4.98 Å². The van der Waals surface area contributed by atoms with Gasteiger partial charge >= 0.3 is 0 Å². The molecule has 1 aromatic carbocycles. The zero-order valence-electron chi connectivity index (χ0n) is 17.1. The van der Waals surface area contributed by atoms with Crippen LogP contribution in [0.2, 0.25) is 0 Å². The minimum absolute atomic E-state index is 0.0108. The predicted octanol–water partition coefficient (Wildman–Crippen LogP) is 3.50. The van der Waals surface area contributed by atoms with Gasteiger partial charge in [-0.3, -0.25) is 9.69 Å². The summed E-state index contributed by atoms with van der Waals surface area (Å²) in [6.45, 7) is 8.24. The SMILES string of the molecule is CCCc1noc(CCC(=O)NCc2ccccc2CN2CCC[C@@H](C)C2)n1. The number of hydrogen-bond acceptors (Lipinski definition) is 5. The van der Waals surface area contributed by atoms with E-state index >= 15 is 0 Å². The third kappa shape index (κ3) is 6.16. The highest BCUT2D eigenvalue weighted by molar-refractivity contribution is 5.76. The Morgan fingerprint density at radius 3 is 2.89 bits per heavy atom. The maximum Gasteiger partial charge on any atom is 0.227 e. The van der Waals surface area contributed by atoms with Crippen LogP contribution in [0, 0.1) is 5.92 Å². The van der Waals surface area contributed by atoms with Crippen LogP contribution in [0.15, 0.2) is 28.8 Å². The highest BCUT2D eigenvalue weighted by Crippen LogP contribution is 2.19. The molecule has 1 aliphatic heterocycles. The van der Waals surface area contributed by atoms with Crippen molar-refractivity contribution in [2.75, 3.05) is 13.1 Å². The van der Waals surface area contributed by atoms with Crippen LogP contribution < -0.4 is 5.32 Å². The van der Waals surface area contributed by atoms with Crippen LogP contribution >= 0.6 is 0 Å². The van der Waals surface area contributed by atoms with Crippen molar-refractivity contribution in [1.82, 2.24) is 20.4 Å². The molecule has 2 aromatic rings. The van der Waals surface area contributed by atoms with Gasteiger partial charge < -0.3 is 9.84 Å². The van der Waals surface area contributed by atoms with Crippen LogP contribution in [0.25, 0.3) is 0 Å². The first-order valence-corrected chi connectivity index (χ1v) is 10.5. The van der Waals surface area contributed by atoms with E-state index in [1.54, 1.807) is 0 Å². The van der Waals surface area contributed by atoms with Crippen LogP contribution in [-0.4, -0.2) is 34.0 Å². The summed E-state index contributed by atoms with van der Waals surface area (Å²) in [6.07, 6.45) is 5.23. The highest BCUT2D eigenvalue weighted by Gasteiger charge is 2.17. The molecule has 1 N–H and O–H groups in total. The van der Waals surface area contributed by atoms with Crippen molar-refractivity contribution in [3.8, 4) is 0 Å². The van der Waals surface area contributed by atoms with E-state index in [4.69, 9.17) is 4.52 Å². The fourth-order valence-corrected chi connectivity index (χ4v) is 3.77. The first-order chi connectivity index (χ1) is 13.6. The minimum atomic E-state index is 0.0108. The molecular weight excluding hydrogens is 352 g/mol. The fraction of sp³-hybridized carbons (Fsp3) is 0.591. The van der Waals surface area contributed by atoms with Crippen LogP contribution in [0.4, 0.5) is 0 Å². The third-order valence-electron chi connectivity index (χ3n) is 5.28. The summed E-state index contributed by atoms with van der Waals surface area (Å²) in [5.74, 6) is 2.04. The third-order valence-corrected chi connectivity index (χ3v) is 5.28. The first-order valence-electron chi connectivity index (χ1n) is 10.5. The number of rotatable bonds is 9. The normalized spacial score (nSPS) is 17.6. The Hall–Kier alpha value is -2.21. The van der Waals surface area contributed by atoms with Gasteiger partial charge in [-0.05, 0) is 42.9 Å². The van der Waals surface area contributed by atoms with Crippen molar-refractivity contribution in [1.29, 1.82) is 0 Å². The number of piperidine rings is 1. The molecular formula is C22H32N4O2. The van der Waals surface area contributed by atoms with E-state index in [-0.39, 0.29) is 5.91 Å². The molecule has 1 atom stereocenters. The predicted molar refractivity (Wildman–Crippen MR) is 109 cm³/mol. The Morgan fingerprint density at radius 2 is 2.11 bits per heavy atom. The Bertz CT molecular complexity index is 758. The van der Waals surface area contributed by atoms with Crippen molar-refractivity contribution in [2.45, 2.75) is 65.5 Å². The second kappa shape index (κ2) is 10.4. The topological polar surface area (TPSA) is 71.3 Å². The summed E-state index contributed by atoms with van der Waals surface area (Å²) in [5.41, 5.74) is 2.50. The standard InChI is InChI=1S/C22H32N4O2/c1-3-7-20-24-22(28-25-20)12-11-21(27)23-14-18-9-4-5-10-19(18)16-26-13-6-8-17(2)15-26/h4-5,9-10,17H,3,6-8,11-16H2,1-2H3,(H,23,27)/t17-/m1/s1. The number of amides is 1. The minimum Gasteiger partial charge on any atom is -0.352 e. The van der Waals surface area contributed by atoms with Gasteiger partial charge in [-0.25, -0.2) is 0 Å². The van der Waals surface area contributed by atoms with Crippen LogP contribution in [0.3, 0.4) is 0 Å². The highest BCUT2D eigenvalue weighted by atomic mass is 16.5. The van der Waals surface area contributed by atoms with Crippen molar-refractivity contribution < 1.29 is 9.32 Å². The average Bonchev–Trinajstić information content (AvgIpc) is 3.13. The molecule has 0 aliphatic carbocycles. The number of carbonyl (C=O) groups is 1. The monoisotopic (exact) mass is 384 g/mol. The number of carbonyl (C=O) groups excluding carboxylic acids is 1. The van der Waals surface area contributed by atoms with Crippen LogP contribution in [0.5, 0.6) is 0 Å². The molecule has 6 nitrogen and oxygen atoms in total. The van der Waals surface area contributed by atoms with Gasteiger partial charge in [0, 0.05) is 38.9 Å². The lowest BCUT2D eigenvalue weighted by molar-refractivity contribution is -0.121. The van der Waals surface area contributed by atoms with Gasteiger partial charge in [0.25, 0.3) is 0 Å². The van der Waals surface area contributed by atoms with E-state index in [1.807, 2.05) is 6.07 Å². The quantitative estimate of drug-likeness (QED) is 0.716. The molecule has 1 fully saturated rings.